The van der Waals surface area contributed by atoms with Crippen LogP contribution in [0.2, 0.25) is 5.02 Å². The van der Waals surface area contributed by atoms with Crippen LogP contribution in [0.15, 0.2) is 24.3 Å². The van der Waals surface area contributed by atoms with Crippen LogP contribution >= 0.6 is 11.6 Å². The molecule has 4 heteroatoms. The summed E-state index contributed by atoms with van der Waals surface area (Å²) in [6, 6.07) is 7.52. The van der Waals surface area contributed by atoms with Crippen molar-refractivity contribution in [2.75, 3.05) is 18.5 Å². The van der Waals surface area contributed by atoms with Crippen LogP contribution in [0, 0.1) is 5.92 Å². The van der Waals surface area contributed by atoms with Crippen molar-refractivity contribution in [2.24, 2.45) is 5.92 Å². The minimum absolute atomic E-state index is 0.147. The Hall–Kier alpha value is -1.06. The molecular formula is C14H19ClN2O. The molecule has 0 radical (unpaired) electrons. The first-order chi connectivity index (χ1) is 8.48. The standard InChI is InChI=1S/C14H19ClN2O/c1-14(2)10(9-16-3)8-13(18)17(14)12-7-5-4-6-11(12)15/h4-7,10,16H,8-9H2,1-3H3. The van der Waals surface area contributed by atoms with Gasteiger partial charge in [0.25, 0.3) is 0 Å². The number of anilines is 1. The third-order valence-electron chi connectivity index (χ3n) is 3.79. The van der Waals surface area contributed by atoms with Crippen LogP contribution in [0.5, 0.6) is 0 Å². The Morgan fingerprint density at radius 2 is 2.11 bits per heavy atom. The Bertz CT molecular complexity index is 459. The molecule has 3 nitrogen and oxygen atoms in total. The molecule has 0 bridgehead atoms. The van der Waals surface area contributed by atoms with Gasteiger partial charge in [0.15, 0.2) is 0 Å². The van der Waals surface area contributed by atoms with Crippen molar-refractivity contribution in [1.82, 2.24) is 5.32 Å². The molecule has 1 atom stereocenters. The molecule has 18 heavy (non-hydrogen) atoms. The summed E-state index contributed by atoms with van der Waals surface area (Å²) in [7, 11) is 1.92. The van der Waals surface area contributed by atoms with Gasteiger partial charge in [-0.05, 0) is 33.0 Å². The summed E-state index contributed by atoms with van der Waals surface area (Å²) in [4.78, 5) is 14.1. The van der Waals surface area contributed by atoms with Crippen molar-refractivity contribution in [1.29, 1.82) is 0 Å². The van der Waals surface area contributed by atoms with Gasteiger partial charge in [-0.25, -0.2) is 0 Å². The van der Waals surface area contributed by atoms with E-state index in [-0.39, 0.29) is 11.4 Å². The summed E-state index contributed by atoms with van der Waals surface area (Å²) in [5.41, 5.74) is 0.596. The van der Waals surface area contributed by atoms with Crippen LogP contribution < -0.4 is 10.2 Å². The average molecular weight is 267 g/mol. The summed E-state index contributed by atoms with van der Waals surface area (Å²) in [6.45, 7) is 5.03. The second kappa shape index (κ2) is 4.90. The largest absolute Gasteiger partial charge is 0.319 e. The van der Waals surface area contributed by atoms with E-state index < -0.39 is 0 Å². The number of nitrogens with zero attached hydrogens (tertiary/aromatic N) is 1. The van der Waals surface area contributed by atoms with Crippen molar-refractivity contribution in [3.63, 3.8) is 0 Å². The zero-order valence-electron chi connectivity index (χ0n) is 11.0. The molecule has 1 aliphatic rings. The number of amides is 1. The van der Waals surface area contributed by atoms with Gasteiger partial charge in [0.2, 0.25) is 5.91 Å². The fourth-order valence-electron chi connectivity index (χ4n) is 2.70. The van der Waals surface area contributed by atoms with Gasteiger partial charge in [0, 0.05) is 24.4 Å². The Kier molecular flexibility index (Phi) is 3.64. The first-order valence-corrected chi connectivity index (χ1v) is 6.58. The maximum atomic E-state index is 12.3. The zero-order chi connectivity index (χ0) is 13.3. The molecular weight excluding hydrogens is 248 g/mol. The first-order valence-electron chi connectivity index (χ1n) is 6.20. The highest BCUT2D eigenvalue weighted by molar-refractivity contribution is 6.34. The maximum absolute atomic E-state index is 12.3. The molecule has 1 aliphatic heterocycles. The molecule has 1 aromatic carbocycles. The highest BCUT2D eigenvalue weighted by Gasteiger charge is 2.46. The van der Waals surface area contributed by atoms with E-state index >= 15 is 0 Å². The summed E-state index contributed by atoms with van der Waals surface area (Å²) in [6.07, 6.45) is 0.569. The van der Waals surface area contributed by atoms with E-state index in [1.165, 1.54) is 0 Å². The summed E-state index contributed by atoms with van der Waals surface area (Å²) in [5, 5.41) is 3.79. The topological polar surface area (TPSA) is 32.3 Å². The Labute approximate surface area is 113 Å². The smallest absolute Gasteiger partial charge is 0.227 e. The van der Waals surface area contributed by atoms with Crippen LogP contribution in [-0.4, -0.2) is 25.0 Å². The molecule has 1 aromatic rings. The Balaban J connectivity index is 2.39. The molecule has 0 spiro atoms. The van der Waals surface area contributed by atoms with Crippen molar-refractivity contribution in [3.05, 3.63) is 29.3 Å². The van der Waals surface area contributed by atoms with E-state index in [1.54, 1.807) is 0 Å². The molecule has 2 rings (SSSR count). The lowest BCUT2D eigenvalue weighted by atomic mass is 9.88. The van der Waals surface area contributed by atoms with Gasteiger partial charge in [-0.1, -0.05) is 23.7 Å². The molecule has 0 saturated carbocycles. The predicted octanol–water partition coefficient (Wildman–Crippen LogP) is 2.69. The summed E-state index contributed by atoms with van der Waals surface area (Å²) in [5.74, 6) is 0.444. The number of carbonyl (C=O) groups is 1. The van der Waals surface area contributed by atoms with E-state index in [1.807, 2.05) is 36.2 Å². The lowest BCUT2D eigenvalue weighted by Gasteiger charge is -2.36. The van der Waals surface area contributed by atoms with Crippen LogP contribution in [0.4, 0.5) is 5.69 Å². The van der Waals surface area contributed by atoms with Crippen LogP contribution in [0.25, 0.3) is 0 Å². The van der Waals surface area contributed by atoms with Gasteiger partial charge in [0.1, 0.15) is 0 Å². The van der Waals surface area contributed by atoms with Crippen molar-refractivity contribution in [2.45, 2.75) is 25.8 Å². The molecule has 1 saturated heterocycles. The molecule has 0 aliphatic carbocycles. The molecule has 0 aromatic heterocycles. The monoisotopic (exact) mass is 266 g/mol. The fraction of sp³-hybridized carbons (Fsp3) is 0.500. The summed E-state index contributed by atoms with van der Waals surface area (Å²) < 4.78 is 0. The number of rotatable bonds is 3. The SMILES string of the molecule is CNCC1CC(=O)N(c2ccccc2Cl)C1(C)C. The minimum atomic E-state index is -0.217. The van der Waals surface area contributed by atoms with Crippen molar-refractivity contribution >= 4 is 23.2 Å². The van der Waals surface area contributed by atoms with E-state index in [9.17, 15) is 4.79 Å². The van der Waals surface area contributed by atoms with Gasteiger partial charge < -0.3 is 10.2 Å². The predicted molar refractivity (Wildman–Crippen MR) is 75.1 cm³/mol. The van der Waals surface area contributed by atoms with Gasteiger partial charge in [-0.15, -0.1) is 0 Å². The Morgan fingerprint density at radius 3 is 2.72 bits per heavy atom. The van der Waals surface area contributed by atoms with Crippen LogP contribution in [0.3, 0.4) is 0 Å². The minimum Gasteiger partial charge on any atom is -0.319 e. The Morgan fingerprint density at radius 1 is 1.44 bits per heavy atom. The van der Waals surface area contributed by atoms with Crippen LogP contribution in [0.1, 0.15) is 20.3 Å². The number of hydrogen-bond donors (Lipinski definition) is 1. The van der Waals surface area contributed by atoms with Gasteiger partial charge in [0.05, 0.1) is 10.7 Å². The quantitative estimate of drug-likeness (QED) is 0.912. The van der Waals surface area contributed by atoms with Gasteiger partial charge in [-0.3, -0.25) is 4.79 Å². The lowest BCUT2D eigenvalue weighted by Crippen LogP contribution is -2.46. The highest BCUT2D eigenvalue weighted by Crippen LogP contribution is 2.41. The molecule has 1 heterocycles. The zero-order valence-corrected chi connectivity index (χ0v) is 11.8. The fourth-order valence-corrected chi connectivity index (χ4v) is 2.92. The number of halogens is 1. The number of hydrogen-bond acceptors (Lipinski definition) is 2. The van der Waals surface area contributed by atoms with E-state index in [2.05, 4.69) is 19.2 Å². The molecule has 1 unspecified atom stereocenters. The average Bonchev–Trinajstić information content (AvgIpc) is 2.52. The maximum Gasteiger partial charge on any atom is 0.227 e. The molecule has 1 fully saturated rings. The molecule has 1 N–H and O–H groups in total. The summed E-state index contributed by atoms with van der Waals surface area (Å²) >= 11 is 6.21. The van der Waals surface area contributed by atoms with Gasteiger partial charge >= 0.3 is 0 Å². The van der Waals surface area contributed by atoms with E-state index in [4.69, 9.17) is 11.6 Å². The number of benzene rings is 1. The number of para-hydroxylation sites is 1. The lowest BCUT2D eigenvalue weighted by molar-refractivity contribution is -0.117. The second-order valence-electron chi connectivity index (χ2n) is 5.29. The second-order valence-corrected chi connectivity index (χ2v) is 5.70. The molecule has 1 amide bonds. The van der Waals surface area contributed by atoms with E-state index in [0.29, 0.717) is 17.4 Å². The van der Waals surface area contributed by atoms with Crippen molar-refractivity contribution in [3.8, 4) is 0 Å². The van der Waals surface area contributed by atoms with Gasteiger partial charge in [-0.2, -0.15) is 0 Å². The third-order valence-corrected chi connectivity index (χ3v) is 4.11. The van der Waals surface area contributed by atoms with Crippen molar-refractivity contribution < 1.29 is 4.79 Å². The molecule has 98 valence electrons. The number of nitrogens with one attached hydrogen (secondary N) is 1. The highest BCUT2D eigenvalue weighted by atomic mass is 35.5. The normalized spacial score (nSPS) is 22.6. The number of carbonyl (C=O) groups excluding carboxylic acids is 1. The van der Waals surface area contributed by atoms with E-state index in [0.717, 1.165) is 12.2 Å². The van der Waals surface area contributed by atoms with Crippen LogP contribution in [-0.2, 0) is 4.79 Å². The first kappa shape index (κ1) is 13.4. The third kappa shape index (κ3) is 2.13.